The highest BCUT2D eigenvalue weighted by molar-refractivity contribution is 9.10. The zero-order valence-corrected chi connectivity index (χ0v) is 23.9. The van der Waals surface area contributed by atoms with E-state index < -0.39 is 30.2 Å². The average Bonchev–Trinajstić information content (AvgIpc) is 3.38. The van der Waals surface area contributed by atoms with Gasteiger partial charge in [-0.15, -0.1) is 0 Å². The van der Waals surface area contributed by atoms with Crippen molar-refractivity contribution in [3.63, 3.8) is 0 Å². The van der Waals surface area contributed by atoms with E-state index in [0.717, 1.165) is 43.3 Å². The number of halogens is 2. The number of hydrogen-bond acceptors (Lipinski definition) is 4. The Balaban J connectivity index is 1.27. The lowest BCUT2D eigenvalue weighted by molar-refractivity contribution is -0.127. The largest absolute Gasteiger partial charge is 0.489 e. The highest BCUT2D eigenvalue weighted by atomic mass is 79.9. The number of urea groups is 1. The fourth-order valence-electron chi connectivity index (χ4n) is 4.54. The maximum atomic E-state index is 13.9. The third-order valence-corrected chi connectivity index (χ3v) is 7.12. The smallest absolute Gasteiger partial charge is 0.329 e. The molecule has 1 saturated heterocycles. The molecule has 0 radical (unpaired) electrons. The van der Waals surface area contributed by atoms with E-state index in [-0.39, 0.29) is 11.4 Å². The van der Waals surface area contributed by atoms with Crippen molar-refractivity contribution >= 4 is 45.5 Å². The quantitative estimate of drug-likeness (QED) is 0.185. The zero-order valence-electron chi connectivity index (χ0n) is 22.3. The number of rotatable bonds is 8. The van der Waals surface area contributed by atoms with Crippen LogP contribution in [0, 0.1) is 19.7 Å². The Labute approximate surface area is 244 Å². The summed E-state index contributed by atoms with van der Waals surface area (Å²) in [5.41, 5.74) is 4.51. The Kier molecular flexibility index (Phi) is 8.02. The summed E-state index contributed by atoms with van der Waals surface area (Å²) < 4.78 is 22.8. The van der Waals surface area contributed by atoms with Crippen molar-refractivity contribution in [1.82, 2.24) is 14.8 Å². The van der Waals surface area contributed by atoms with Gasteiger partial charge in [-0.25, -0.2) is 14.1 Å². The van der Waals surface area contributed by atoms with Gasteiger partial charge in [-0.05, 0) is 85.6 Å². The van der Waals surface area contributed by atoms with Gasteiger partial charge in [0.15, 0.2) is 0 Å². The van der Waals surface area contributed by atoms with Crippen molar-refractivity contribution in [1.29, 1.82) is 0 Å². The van der Waals surface area contributed by atoms with Crippen LogP contribution in [0.3, 0.4) is 0 Å². The minimum atomic E-state index is -0.725. The fourth-order valence-corrected chi connectivity index (χ4v) is 4.80. The van der Waals surface area contributed by atoms with E-state index >= 15 is 0 Å². The van der Waals surface area contributed by atoms with Gasteiger partial charge in [0.25, 0.3) is 5.91 Å². The summed E-state index contributed by atoms with van der Waals surface area (Å²) in [5.74, 6) is -1.21. The maximum Gasteiger partial charge on any atom is 0.329 e. The molecule has 0 saturated carbocycles. The molecule has 1 aliphatic rings. The molecule has 2 N–H and O–H groups in total. The third-order valence-electron chi connectivity index (χ3n) is 6.60. The number of hydrogen-bond donors (Lipinski definition) is 2. The molecule has 0 unspecified atom stereocenters. The normalized spacial score (nSPS) is 14.0. The number of aromatic nitrogens is 1. The predicted molar refractivity (Wildman–Crippen MR) is 157 cm³/mol. The molecule has 3 aromatic carbocycles. The van der Waals surface area contributed by atoms with Gasteiger partial charge < -0.3 is 19.9 Å². The van der Waals surface area contributed by atoms with Crippen molar-refractivity contribution in [3.8, 4) is 11.4 Å². The lowest BCUT2D eigenvalue weighted by Gasteiger charge is -2.12. The molecule has 1 aliphatic heterocycles. The minimum absolute atomic E-state index is 0.0306. The van der Waals surface area contributed by atoms with Crippen LogP contribution in [-0.4, -0.2) is 33.9 Å². The molecule has 0 bridgehead atoms. The van der Waals surface area contributed by atoms with Gasteiger partial charge >= 0.3 is 6.03 Å². The molecule has 41 heavy (non-hydrogen) atoms. The van der Waals surface area contributed by atoms with Crippen LogP contribution >= 0.6 is 15.9 Å². The van der Waals surface area contributed by atoms with E-state index in [1.54, 1.807) is 12.1 Å². The number of imide groups is 1. The van der Waals surface area contributed by atoms with Crippen LogP contribution in [0.25, 0.3) is 11.8 Å². The zero-order chi connectivity index (χ0) is 29.1. The number of carbonyl (C=O) groups excluding carboxylic acids is 3. The topological polar surface area (TPSA) is 92.7 Å². The van der Waals surface area contributed by atoms with Gasteiger partial charge in [0.05, 0.1) is 5.69 Å². The summed E-state index contributed by atoms with van der Waals surface area (Å²) in [4.78, 5) is 38.6. The minimum Gasteiger partial charge on any atom is -0.489 e. The molecule has 4 aromatic rings. The fraction of sp³-hybridized carbons (Fsp3) is 0.129. The Morgan fingerprint density at radius 3 is 2.44 bits per heavy atom. The first-order chi connectivity index (χ1) is 19.7. The molecule has 8 nitrogen and oxygen atoms in total. The van der Waals surface area contributed by atoms with E-state index in [0.29, 0.717) is 6.61 Å². The molecule has 208 valence electrons. The van der Waals surface area contributed by atoms with Crippen LogP contribution in [0.1, 0.15) is 22.5 Å². The van der Waals surface area contributed by atoms with Crippen LogP contribution < -0.4 is 15.4 Å². The monoisotopic (exact) mass is 616 g/mol. The van der Waals surface area contributed by atoms with Crippen LogP contribution in [0.15, 0.2) is 89.0 Å². The van der Waals surface area contributed by atoms with Crippen molar-refractivity contribution < 1.29 is 23.5 Å². The Morgan fingerprint density at radius 2 is 1.73 bits per heavy atom. The highest BCUT2D eigenvalue weighted by Crippen LogP contribution is 2.26. The van der Waals surface area contributed by atoms with E-state index in [1.165, 1.54) is 18.2 Å². The number of para-hydroxylation sites is 1. The summed E-state index contributed by atoms with van der Waals surface area (Å²) in [6, 6.07) is 22.5. The van der Waals surface area contributed by atoms with Crippen LogP contribution in [0.4, 0.5) is 14.9 Å². The summed E-state index contributed by atoms with van der Waals surface area (Å²) in [5, 5.41) is 4.91. The summed E-state index contributed by atoms with van der Waals surface area (Å²) in [7, 11) is 0. The molecular weight excluding hydrogens is 591 g/mol. The second-order valence-corrected chi connectivity index (χ2v) is 10.4. The molecule has 1 aromatic heterocycles. The first-order valence-electron chi connectivity index (χ1n) is 12.7. The summed E-state index contributed by atoms with van der Waals surface area (Å²) in [6.07, 6.45) is 1.59. The predicted octanol–water partition coefficient (Wildman–Crippen LogP) is 6.11. The van der Waals surface area contributed by atoms with Gasteiger partial charge in [0.1, 0.15) is 30.4 Å². The van der Waals surface area contributed by atoms with Gasteiger partial charge in [-0.3, -0.25) is 9.59 Å². The van der Waals surface area contributed by atoms with Gasteiger partial charge in [-0.2, -0.15) is 0 Å². The molecule has 4 amide bonds. The van der Waals surface area contributed by atoms with E-state index in [1.807, 2.05) is 73.0 Å². The van der Waals surface area contributed by atoms with Crippen LogP contribution in [0.5, 0.6) is 5.75 Å². The van der Waals surface area contributed by atoms with E-state index in [2.05, 4.69) is 26.6 Å². The third kappa shape index (κ3) is 6.22. The SMILES string of the molecule is Cc1cc(/C=C2/NC(=O)N(CC(=O)Nc3ccccc3F)C2=O)c(C)n1-c1ccc(OCc2ccc(Br)cc2)cc1. The Hall–Kier alpha value is -4.70. The average molecular weight is 617 g/mol. The van der Waals surface area contributed by atoms with Gasteiger partial charge in [-0.1, -0.05) is 40.2 Å². The lowest BCUT2D eigenvalue weighted by Crippen LogP contribution is -2.38. The molecule has 2 heterocycles. The number of carbonyl (C=O) groups is 3. The lowest BCUT2D eigenvalue weighted by atomic mass is 10.2. The Bertz CT molecular complexity index is 1660. The first-order valence-corrected chi connectivity index (χ1v) is 13.5. The van der Waals surface area contributed by atoms with Gasteiger partial charge in [0.2, 0.25) is 5.91 Å². The number of amides is 4. The molecule has 0 spiro atoms. The molecule has 0 aliphatic carbocycles. The van der Waals surface area contributed by atoms with Crippen LogP contribution in [0.2, 0.25) is 0 Å². The number of anilines is 1. The first kappa shape index (κ1) is 27.9. The summed E-state index contributed by atoms with van der Waals surface area (Å²) >= 11 is 3.43. The standard InChI is InChI=1S/C31H26BrFN4O4/c1-19-15-22(16-28-30(39)36(31(40)35-28)17-29(38)34-27-6-4-3-5-26(27)33)20(2)37(19)24-11-13-25(14-12-24)41-18-21-7-9-23(32)10-8-21/h3-16H,17-18H2,1-2H3,(H,34,38)(H,35,40)/b28-16+. The summed E-state index contributed by atoms with van der Waals surface area (Å²) in [6.45, 7) is 3.76. The number of nitrogens with one attached hydrogen (secondary N) is 2. The van der Waals surface area contributed by atoms with E-state index in [9.17, 15) is 18.8 Å². The maximum absolute atomic E-state index is 13.9. The van der Waals surface area contributed by atoms with Crippen molar-refractivity contribution in [3.05, 3.63) is 117 Å². The number of ether oxygens (including phenoxy) is 1. The van der Waals surface area contributed by atoms with E-state index in [4.69, 9.17) is 4.74 Å². The van der Waals surface area contributed by atoms with Crippen molar-refractivity contribution in [2.24, 2.45) is 0 Å². The molecule has 5 rings (SSSR count). The number of benzene rings is 3. The second kappa shape index (κ2) is 11.8. The number of nitrogens with zero attached hydrogens (tertiary/aromatic N) is 2. The molecule has 0 atom stereocenters. The highest BCUT2D eigenvalue weighted by Gasteiger charge is 2.35. The molecular formula is C31H26BrFN4O4. The van der Waals surface area contributed by atoms with Crippen molar-refractivity contribution in [2.75, 3.05) is 11.9 Å². The molecule has 1 fully saturated rings. The second-order valence-electron chi connectivity index (χ2n) is 9.48. The Morgan fingerprint density at radius 1 is 1.02 bits per heavy atom. The number of aryl methyl sites for hydroxylation is 1. The van der Waals surface area contributed by atoms with Crippen molar-refractivity contribution in [2.45, 2.75) is 20.5 Å². The van der Waals surface area contributed by atoms with Gasteiger partial charge in [0, 0.05) is 21.5 Å². The molecule has 10 heteroatoms. The van der Waals surface area contributed by atoms with Crippen LogP contribution in [-0.2, 0) is 16.2 Å².